The van der Waals surface area contributed by atoms with Crippen molar-refractivity contribution in [1.82, 2.24) is 0 Å². The van der Waals surface area contributed by atoms with Gasteiger partial charge in [0.05, 0.1) is 5.41 Å². The van der Waals surface area contributed by atoms with Gasteiger partial charge in [-0.25, -0.2) is 0 Å². The number of carbonyl (C=O) groups is 1. The van der Waals surface area contributed by atoms with Crippen molar-refractivity contribution in [3.8, 4) is 0 Å². The fourth-order valence-electron chi connectivity index (χ4n) is 3.24. The first-order valence-corrected chi connectivity index (χ1v) is 5.88. The van der Waals surface area contributed by atoms with Crippen molar-refractivity contribution in [1.29, 1.82) is 0 Å². The summed E-state index contributed by atoms with van der Waals surface area (Å²) in [5.74, 6) is -0.652. The van der Waals surface area contributed by atoms with Crippen molar-refractivity contribution in [2.45, 2.75) is 52.9 Å². The minimum absolute atomic E-state index is 0.120. The predicted octanol–water partition coefficient (Wildman–Crippen LogP) is 3.38. The molecule has 2 fully saturated rings. The van der Waals surface area contributed by atoms with Gasteiger partial charge in [-0.3, -0.25) is 4.79 Å². The lowest BCUT2D eigenvalue weighted by Crippen LogP contribution is -2.16. The molecule has 0 aliphatic heterocycles. The molecule has 0 spiro atoms. The highest BCUT2D eigenvalue weighted by Crippen LogP contribution is 2.70. The van der Waals surface area contributed by atoms with Gasteiger partial charge in [0.2, 0.25) is 0 Å². The van der Waals surface area contributed by atoms with E-state index in [2.05, 4.69) is 13.8 Å². The van der Waals surface area contributed by atoms with Crippen LogP contribution in [-0.2, 0) is 4.79 Å². The highest BCUT2D eigenvalue weighted by Gasteiger charge is 2.69. The third kappa shape index (κ3) is 1.27. The van der Waals surface area contributed by atoms with Crippen LogP contribution in [0.3, 0.4) is 0 Å². The molecule has 1 unspecified atom stereocenters. The topological polar surface area (TPSA) is 37.3 Å². The molecule has 2 rings (SSSR count). The lowest BCUT2D eigenvalue weighted by Gasteiger charge is -2.14. The van der Waals surface area contributed by atoms with Gasteiger partial charge in [-0.1, -0.05) is 25.8 Å². The molecule has 0 heterocycles. The molecule has 0 radical (unpaired) electrons. The highest BCUT2D eigenvalue weighted by molar-refractivity contribution is 5.87. The Morgan fingerprint density at radius 3 is 2.07 bits per heavy atom. The summed E-state index contributed by atoms with van der Waals surface area (Å²) in [6.07, 6.45) is 6.04. The molecule has 2 saturated carbocycles. The van der Waals surface area contributed by atoms with Gasteiger partial charge in [0, 0.05) is 5.41 Å². The molecule has 0 amide bonds. The average Bonchev–Trinajstić information content (AvgIpc) is 2.64. The van der Waals surface area contributed by atoms with Crippen molar-refractivity contribution in [3.63, 3.8) is 0 Å². The van der Waals surface area contributed by atoms with Crippen LogP contribution in [0.1, 0.15) is 52.9 Å². The quantitative estimate of drug-likeness (QED) is 0.671. The first kappa shape index (κ1) is 10.7. The Morgan fingerprint density at radius 1 is 1.13 bits per heavy atom. The Kier molecular flexibility index (Phi) is 2.21. The molecule has 0 bridgehead atoms. The van der Waals surface area contributed by atoms with Gasteiger partial charge in [0.25, 0.3) is 0 Å². The van der Waals surface area contributed by atoms with Crippen molar-refractivity contribution >= 4 is 5.97 Å². The van der Waals surface area contributed by atoms with Gasteiger partial charge in [0.1, 0.15) is 0 Å². The molecule has 2 aliphatic rings. The van der Waals surface area contributed by atoms with E-state index < -0.39 is 11.4 Å². The molecule has 2 heteroatoms. The number of carboxylic acids is 1. The number of aliphatic carboxylic acids is 1. The van der Waals surface area contributed by atoms with E-state index in [9.17, 15) is 9.90 Å². The Bertz CT molecular complexity index is 330. The minimum Gasteiger partial charge on any atom is -0.481 e. The number of allylic oxidation sites excluding steroid dienone is 1. The molecular formula is C13H20O2. The molecule has 0 saturated heterocycles. The Hall–Kier alpha value is -0.790. The van der Waals surface area contributed by atoms with Gasteiger partial charge in [-0.05, 0) is 38.2 Å². The summed E-state index contributed by atoms with van der Waals surface area (Å²) in [5, 5.41) is 9.32. The molecule has 1 atom stereocenters. The molecule has 2 nitrogen and oxygen atoms in total. The van der Waals surface area contributed by atoms with Gasteiger partial charge in [-0.15, -0.1) is 0 Å². The highest BCUT2D eigenvalue weighted by atomic mass is 16.4. The van der Waals surface area contributed by atoms with Gasteiger partial charge >= 0.3 is 5.97 Å². The molecule has 2 aliphatic carbocycles. The zero-order chi connectivity index (χ0) is 11.3. The van der Waals surface area contributed by atoms with E-state index >= 15 is 0 Å². The van der Waals surface area contributed by atoms with Gasteiger partial charge in [-0.2, -0.15) is 0 Å². The smallest absolute Gasteiger partial charge is 0.314 e. The van der Waals surface area contributed by atoms with E-state index in [4.69, 9.17) is 0 Å². The average molecular weight is 208 g/mol. The lowest BCUT2D eigenvalue weighted by molar-refractivity contribution is -0.143. The van der Waals surface area contributed by atoms with E-state index in [1.807, 2.05) is 6.92 Å². The Labute approximate surface area is 91.4 Å². The standard InChI is InChI=1S/C13H20O2/c1-12(2)10(13(12,3)11(14)15)9-7-5-4-6-8-9/h4-8H2,1-3H3,(H,14,15). The van der Waals surface area contributed by atoms with Crippen LogP contribution in [0.5, 0.6) is 0 Å². The van der Waals surface area contributed by atoms with E-state index in [1.54, 1.807) is 0 Å². The van der Waals surface area contributed by atoms with Crippen LogP contribution in [-0.4, -0.2) is 11.1 Å². The fourth-order valence-corrected chi connectivity index (χ4v) is 3.24. The van der Waals surface area contributed by atoms with Crippen LogP contribution >= 0.6 is 0 Å². The van der Waals surface area contributed by atoms with E-state index in [-0.39, 0.29) is 5.41 Å². The van der Waals surface area contributed by atoms with Crippen molar-refractivity contribution in [3.05, 3.63) is 11.1 Å². The third-order valence-corrected chi connectivity index (χ3v) is 4.55. The van der Waals surface area contributed by atoms with Crippen LogP contribution in [0.25, 0.3) is 0 Å². The molecule has 0 aromatic rings. The number of hydrogen-bond donors (Lipinski definition) is 1. The van der Waals surface area contributed by atoms with Crippen LogP contribution in [0.15, 0.2) is 11.1 Å². The summed E-state index contributed by atoms with van der Waals surface area (Å²) in [4.78, 5) is 11.3. The van der Waals surface area contributed by atoms with Gasteiger partial charge in [0.15, 0.2) is 0 Å². The molecule has 84 valence electrons. The minimum atomic E-state index is -0.652. The first-order chi connectivity index (χ1) is 6.92. The molecular weight excluding hydrogens is 188 g/mol. The maximum atomic E-state index is 11.3. The predicted molar refractivity (Wildman–Crippen MR) is 59.6 cm³/mol. The Balaban J connectivity index is 2.36. The van der Waals surface area contributed by atoms with Crippen molar-refractivity contribution in [2.75, 3.05) is 0 Å². The summed E-state index contributed by atoms with van der Waals surface area (Å²) in [7, 11) is 0. The SMILES string of the molecule is CC1(C)C(=C2CCCCC2)C1(C)C(=O)O. The number of rotatable bonds is 1. The van der Waals surface area contributed by atoms with Gasteiger partial charge < -0.3 is 5.11 Å². The second-order valence-electron chi connectivity index (χ2n) is 5.59. The zero-order valence-electron chi connectivity index (χ0n) is 9.89. The maximum Gasteiger partial charge on any atom is 0.314 e. The second kappa shape index (κ2) is 3.10. The lowest BCUT2D eigenvalue weighted by atomic mass is 9.92. The summed E-state index contributed by atoms with van der Waals surface area (Å²) in [5.41, 5.74) is 1.96. The molecule has 15 heavy (non-hydrogen) atoms. The van der Waals surface area contributed by atoms with E-state index in [0.29, 0.717) is 0 Å². The monoisotopic (exact) mass is 208 g/mol. The normalized spacial score (nSPS) is 34.1. The second-order valence-corrected chi connectivity index (χ2v) is 5.59. The zero-order valence-corrected chi connectivity index (χ0v) is 9.89. The van der Waals surface area contributed by atoms with Crippen molar-refractivity contribution in [2.24, 2.45) is 10.8 Å². The van der Waals surface area contributed by atoms with Crippen LogP contribution in [0.2, 0.25) is 0 Å². The summed E-state index contributed by atoms with van der Waals surface area (Å²) in [6, 6.07) is 0. The summed E-state index contributed by atoms with van der Waals surface area (Å²) < 4.78 is 0. The Morgan fingerprint density at radius 2 is 1.67 bits per heavy atom. The summed E-state index contributed by atoms with van der Waals surface area (Å²) >= 11 is 0. The van der Waals surface area contributed by atoms with Crippen LogP contribution in [0.4, 0.5) is 0 Å². The molecule has 0 aromatic carbocycles. The maximum absolute atomic E-state index is 11.3. The van der Waals surface area contributed by atoms with Crippen LogP contribution < -0.4 is 0 Å². The number of carboxylic acid groups (broad SMARTS) is 1. The van der Waals surface area contributed by atoms with E-state index in [0.717, 1.165) is 12.8 Å². The fraction of sp³-hybridized carbons (Fsp3) is 0.769. The summed E-state index contributed by atoms with van der Waals surface area (Å²) in [6.45, 7) is 6.02. The molecule has 0 aromatic heterocycles. The number of hydrogen-bond acceptors (Lipinski definition) is 1. The van der Waals surface area contributed by atoms with Crippen molar-refractivity contribution < 1.29 is 9.90 Å². The van der Waals surface area contributed by atoms with Crippen LogP contribution in [0, 0.1) is 10.8 Å². The molecule has 1 N–H and O–H groups in total. The first-order valence-electron chi connectivity index (χ1n) is 5.88. The largest absolute Gasteiger partial charge is 0.481 e. The van der Waals surface area contributed by atoms with E-state index in [1.165, 1.54) is 30.4 Å². The third-order valence-electron chi connectivity index (χ3n) is 4.55.